The van der Waals surface area contributed by atoms with Crippen molar-refractivity contribution in [1.29, 1.82) is 0 Å². The standard InChI is InChI=1S/C19H37N7O7/c1-4-9(2)13(20)16(30)24-11(6-5-7-23-19(21)22)15(29)26-14(10(3)28)17(31)25-12(8-27)18(32)33/h9-14,27-28H,4-8,20H2,1-3H3,(H,24,30)(H,25,31)(H,26,29)(H,32,33)(H4,21,22,23). The molecular weight excluding hydrogens is 438 g/mol. The third-order valence-electron chi connectivity index (χ3n) is 5.00. The van der Waals surface area contributed by atoms with Gasteiger partial charge in [-0.05, 0) is 25.7 Å². The maximum Gasteiger partial charge on any atom is 0.328 e. The lowest BCUT2D eigenvalue weighted by Crippen LogP contribution is -2.60. The molecule has 190 valence electrons. The monoisotopic (exact) mass is 475 g/mol. The SMILES string of the molecule is CCC(C)C(N)C(=O)NC(CCCN=C(N)N)C(=O)NC(C(=O)NC(CO)C(=O)O)C(C)O. The van der Waals surface area contributed by atoms with Crippen LogP contribution in [0.25, 0.3) is 0 Å². The summed E-state index contributed by atoms with van der Waals surface area (Å²) in [5.41, 5.74) is 16.5. The molecule has 0 aliphatic heterocycles. The number of carbonyl (C=O) groups is 4. The molecule has 3 amide bonds. The number of guanidine groups is 1. The number of aliphatic carboxylic acids is 1. The van der Waals surface area contributed by atoms with E-state index in [1.54, 1.807) is 6.92 Å². The second kappa shape index (κ2) is 15.0. The molecule has 12 N–H and O–H groups in total. The average molecular weight is 476 g/mol. The van der Waals surface area contributed by atoms with Gasteiger partial charge in [0.15, 0.2) is 5.96 Å². The summed E-state index contributed by atoms with van der Waals surface area (Å²) in [6, 6.07) is -5.19. The smallest absolute Gasteiger partial charge is 0.328 e. The zero-order valence-electron chi connectivity index (χ0n) is 19.2. The number of aliphatic hydroxyl groups excluding tert-OH is 2. The van der Waals surface area contributed by atoms with E-state index in [0.717, 1.165) is 0 Å². The van der Waals surface area contributed by atoms with Gasteiger partial charge in [0.1, 0.15) is 18.1 Å². The van der Waals surface area contributed by atoms with E-state index in [9.17, 15) is 24.3 Å². The average Bonchev–Trinajstić information content (AvgIpc) is 2.75. The van der Waals surface area contributed by atoms with Crippen molar-refractivity contribution < 1.29 is 34.5 Å². The largest absolute Gasteiger partial charge is 0.480 e. The molecule has 6 unspecified atom stereocenters. The molecule has 0 bridgehead atoms. The Morgan fingerprint density at radius 3 is 2.00 bits per heavy atom. The molecule has 0 rings (SSSR count). The van der Waals surface area contributed by atoms with Crippen LogP contribution < -0.4 is 33.2 Å². The Labute approximate surface area is 192 Å². The molecule has 0 saturated carbocycles. The lowest BCUT2D eigenvalue weighted by atomic mass is 9.98. The highest BCUT2D eigenvalue weighted by Crippen LogP contribution is 2.07. The van der Waals surface area contributed by atoms with E-state index in [-0.39, 0.29) is 24.8 Å². The zero-order valence-corrected chi connectivity index (χ0v) is 19.2. The van der Waals surface area contributed by atoms with Crippen molar-refractivity contribution in [2.24, 2.45) is 28.1 Å². The van der Waals surface area contributed by atoms with Gasteiger partial charge in [-0.25, -0.2) is 4.79 Å². The van der Waals surface area contributed by atoms with E-state index in [0.29, 0.717) is 12.8 Å². The number of amides is 3. The lowest BCUT2D eigenvalue weighted by molar-refractivity contribution is -0.144. The van der Waals surface area contributed by atoms with Crippen molar-refractivity contribution in [3.8, 4) is 0 Å². The second-order valence-electron chi connectivity index (χ2n) is 7.73. The van der Waals surface area contributed by atoms with Crippen LogP contribution in [-0.2, 0) is 19.2 Å². The highest BCUT2D eigenvalue weighted by molar-refractivity contribution is 5.94. The summed E-state index contributed by atoms with van der Waals surface area (Å²) in [5.74, 6) is -4.19. The molecule has 0 heterocycles. The number of nitrogens with two attached hydrogens (primary N) is 3. The van der Waals surface area contributed by atoms with E-state index in [1.807, 2.05) is 12.2 Å². The molecule has 0 spiro atoms. The minimum Gasteiger partial charge on any atom is -0.480 e. The molecule has 0 aromatic rings. The number of aliphatic hydroxyl groups is 2. The van der Waals surface area contributed by atoms with E-state index >= 15 is 0 Å². The molecule has 14 heteroatoms. The van der Waals surface area contributed by atoms with Gasteiger partial charge in [-0.2, -0.15) is 0 Å². The highest BCUT2D eigenvalue weighted by Gasteiger charge is 2.32. The first-order valence-corrected chi connectivity index (χ1v) is 10.6. The topological polar surface area (TPSA) is 255 Å². The Bertz CT molecular complexity index is 698. The normalized spacial score (nSPS) is 16.3. The van der Waals surface area contributed by atoms with Crippen LogP contribution in [0.2, 0.25) is 0 Å². The first-order valence-electron chi connectivity index (χ1n) is 10.6. The molecule has 0 fully saturated rings. The molecule has 14 nitrogen and oxygen atoms in total. The molecule has 0 radical (unpaired) electrons. The number of aliphatic imine (C=N–C) groups is 1. The summed E-state index contributed by atoms with van der Waals surface area (Å²) in [4.78, 5) is 52.6. The zero-order chi connectivity index (χ0) is 25.7. The van der Waals surface area contributed by atoms with Crippen LogP contribution in [0, 0.1) is 5.92 Å². The molecule has 0 saturated heterocycles. The number of hydrogen-bond donors (Lipinski definition) is 9. The van der Waals surface area contributed by atoms with E-state index in [2.05, 4.69) is 15.6 Å². The molecule has 33 heavy (non-hydrogen) atoms. The van der Waals surface area contributed by atoms with Crippen LogP contribution in [0.1, 0.15) is 40.0 Å². The Morgan fingerprint density at radius 1 is 0.970 bits per heavy atom. The molecule has 0 aliphatic carbocycles. The van der Waals surface area contributed by atoms with E-state index < -0.39 is 60.6 Å². The molecular formula is C19H37N7O7. The van der Waals surface area contributed by atoms with Crippen molar-refractivity contribution in [1.82, 2.24) is 16.0 Å². The summed E-state index contributed by atoms with van der Waals surface area (Å²) >= 11 is 0. The van der Waals surface area contributed by atoms with Gasteiger partial charge in [0.05, 0.1) is 18.8 Å². The number of nitrogens with one attached hydrogen (secondary N) is 3. The quantitative estimate of drug-likeness (QED) is 0.0636. The predicted molar refractivity (Wildman–Crippen MR) is 120 cm³/mol. The van der Waals surface area contributed by atoms with Crippen molar-refractivity contribution in [3.63, 3.8) is 0 Å². The summed E-state index contributed by atoms with van der Waals surface area (Å²) in [6.07, 6.45) is -0.395. The van der Waals surface area contributed by atoms with Gasteiger partial charge in [-0.3, -0.25) is 19.4 Å². The van der Waals surface area contributed by atoms with Crippen molar-refractivity contribution >= 4 is 29.7 Å². The fraction of sp³-hybridized carbons (Fsp3) is 0.737. The minimum absolute atomic E-state index is 0.0874. The van der Waals surface area contributed by atoms with Gasteiger partial charge >= 0.3 is 5.97 Å². The van der Waals surface area contributed by atoms with Crippen LogP contribution in [-0.4, -0.2) is 88.4 Å². The number of carboxylic acid groups (broad SMARTS) is 1. The maximum absolute atomic E-state index is 12.9. The summed E-state index contributed by atoms with van der Waals surface area (Å²) < 4.78 is 0. The second-order valence-corrected chi connectivity index (χ2v) is 7.73. The molecule has 0 aromatic heterocycles. The van der Waals surface area contributed by atoms with Crippen LogP contribution in [0.4, 0.5) is 0 Å². The van der Waals surface area contributed by atoms with Crippen LogP contribution in [0.3, 0.4) is 0 Å². The van der Waals surface area contributed by atoms with Crippen LogP contribution in [0.5, 0.6) is 0 Å². The molecule has 6 atom stereocenters. The fourth-order valence-electron chi connectivity index (χ4n) is 2.66. The van der Waals surface area contributed by atoms with Crippen molar-refractivity contribution in [2.75, 3.05) is 13.2 Å². The number of nitrogens with zero attached hydrogens (tertiary/aromatic N) is 1. The summed E-state index contributed by atoms with van der Waals surface area (Å²) in [6.45, 7) is 4.14. The highest BCUT2D eigenvalue weighted by atomic mass is 16.4. The van der Waals surface area contributed by atoms with Gasteiger partial charge in [-0.1, -0.05) is 20.3 Å². The van der Waals surface area contributed by atoms with Crippen molar-refractivity contribution in [3.05, 3.63) is 0 Å². The third-order valence-corrected chi connectivity index (χ3v) is 5.00. The van der Waals surface area contributed by atoms with Gasteiger partial charge in [-0.15, -0.1) is 0 Å². The predicted octanol–water partition coefficient (Wildman–Crippen LogP) is -3.67. The van der Waals surface area contributed by atoms with Gasteiger partial charge in [0.25, 0.3) is 0 Å². The van der Waals surface area contributed by atoms with Gasteiger partial charge in [0, 0.05) is 6.54 Å². The van der Waals surface area contributed by atoms with E-state index in [4.69, 9.17) is 27.4 Å². The molecule has 0 aliphatic rings. The Balaban J connectivity index is 5.49. The maximum atomic E-state index is 12.9. The Kier molecular flexibility index (Phi) is 13.6. The van der Waals surface area contributed by atoms with Crippen molar-refractivity contribution in [2.45, 2.75) is 70.3 Å². The summed E-state index contributed by atoms with van der Waals surface area (Å²) in [7, 11) is 0. The number of hydrogen-bond acceptors (Lipinski definition) is 8. The first kappa shape index (κ1) is 30.0. The van der Waals surface area contributed by atoms with Crippen LogP contribution >= 0.6 is 0 Å². The Morgan fingerprint density at radius 2 is 1.55 bits per heavy atom. The molecule has 0 aromatic carbocycles. The fourth-order valence-corrected chi connectivity index (χ4v) is 2.66. The lowest BCUT2D eigenvalue weighted by Gasteiger charge is -2.27. The van der Waals surface area contributed by atoms with E-state index in [1.165, 1.54) is 6.92 Å². The van der Waals surface area contributed by atoms with Gasteiger partial charge < -0.3 is 48.5 Å². The van der Waals surface area contributed by atoms with Crippen LogP contribution in [0.15, 0.2) is 4.99 Å². The minimum atomic E-state index is -1.63. The summed E-state index contributed by atoms with van der Waals surface area (Å²) in [5, 5.41) is 34.9. The number of carbonyl (C=O) groups excluding carboxylic acids is 3. The first-order chi connectivity index (χ1) is 15.3. The third kappa shape index (κ3) is 10.9. The Hall–Kier alpha value is -2.97. The van der Waals surface area contributed by atoms with Gasteiger partial charge in [0.2, 0.25) is 17.7 Å². The number of rotatable bonds is 15. The number of carboxylic acids is 1.